The Hall–Kier alpha value is -2.60. The van der Waals surface area contributed by atoms with Gasteiger partial charge in [-0.25, -0.2) is 4.98 Å². The number of benzene rings is 1. The lowest BCUT2D eigenvalue weighted by Gasteiger charge is -2.22. The van der Waals surface area contributed by atoms with Gasteiger partial charge < -0.3 is 20.3 Å². The van der Waals surface area contributed by atoms with Crippen LogP contribution in [-0.4, -0.2) is 44.2 Å². The Morgan fingerprint density at radius 3 is 2.56 bits per heavy atom. The molecular formula is C21H30N4O2. The first-order valence-electron chi connectivity index (χ1n) is 9.44. The summed E-state index contributed by atoms with van der Waals surface area (Å²) in [6.45, 7) is 9.71. The quantitative estimate of drug-likeness (QED) is 0.620. The van der Waals surface area contributed by atoms with E-state index in [9.17, 15) is 4.79 Å². The normalized spacial score (nSPS) is 10.5. The molecule has 1 aromatic heterocycles. The van der Waals surface area contributed by atoms with E-state index in [2.05, 4.69) is 40.4 Å². The fourth-order valence-corrected chi connectivity index (χ4v) is 2.84. The summed E-state index contributed by atoms with van der Waals surface area (Å²) >= 11 is 0. The minimum atomic E-state index is -0.209. The van der Waals surface area contributed by atoms with Gasteiger partial charge in [-0.1, -0.05) is 0 Å². The fourth-order valence-electron chi connectivity index (χ4n) is 2.84. The summed E-state index contributed by atoms with van der Waals surface area (Å²) in [5, 5.41) is 6.20. The molecule has 0 bridgehead atoms. The molecule has 0 fully saturated rings. The molecule has 0 aliphatic heterocycles. The summed E-state index contributed by atoms with van der Waals surface area (Å²) in [6, 6.07) is 9.68. The van der Waals surface area contributed by atoms with Gasteiger partial charge in [-0.05, 0) is 63.1 Å². The van der Waals surface area contributed by atoms with Gasteiger partial charge in [-0.2, -0.15) is 0 Å². The number of aromatic nitrogens is 1. The first-order valence-corrected chi connectivity index (χ1v) is 9.44. The molecule has 27 heavy (non-hydrogen) atoms. The number of anilines is 3. The molecule has 6 heteroatoms. The summed E-state index contributed by atoms with van der Waals surface area (Å²) in [5.41, 5.74) is 4.29. The molecule has 2 rings (SSSR count). The van der Waals surface area contributed by atoms with E-state index in [1.807, 2.05) is 25.1 Å². The highest BCUT2D eigenvalue weighted by atomic mass is 16.5. The van der Waals surface area contributed by atoms with Crippen LogP contribution < -0.4 is 15.5 Å². The molecule has 1 aromatic carbocycles. The average molecular weight is 370 g/mol. The molecular weight excluding hydrogens is 340 g/mol. The SMILES string of the molecule is CCN(CC)c1ccc(NC(=O)c2ccc(NCCCOC)cn2)c(C)c1. The maximum Gasteiger partial charge on any atom is 0.274 e. The first-order chi connectivity index (χ1) is 13.1. The van der Waals surface area contributed by atoms with E-state index < -0.39 is 0 Å². The number of hydrogen-bond acceptors (Lipinski definition) is 5. The Morgan fingerprint density at radius 2 is 1.96 bits per heavy atom. The molecule has 0 aliphatic rings. The summed E-state index contributed by atoms with van der Waals surface area (Å²) in [5.74, 6) is -0.209. The minimum absolute atomic E-state index is 0.209. The van der Waals surface area contributed by atoms with Crippen LogP contribution in [-0.2, 0) is 4.74 Å². The fraction of sp³-hybridized carbons (Fsp3) is 0.429. The molecule has 0 aliphatic carbocycles. The molecule has 2 aromatic rings. The summed E-state index contributed by atoms with van der Waals surface area (Å²) in [4.78, 5) is 19.0. The molecule has 0 saturated carbocycles. The number of carbonyl (C=O) groups excluding carboxylic acids is 1. The Bertz CT molecular complexity index is 727. The van der Waals surface area contributed by atoms with Crippen LogP contribution in [0.2, 0.25) is 0 Å². The highest BCUT2D eigenvalue weighted by Gasteiger charge is 2.11. The Balaban J connectivity index is 1.98. The molecule has 0 saturated heterocycles. The zero-order valence-electron chi connectivity index (χ0n) is 16.7. The van der Waals surface area contributed by atoms with Gasteiger partial charge >= 0.3 is 0 Å². The van der Waals surface area contributed by atoms with Crippen molar-refractivity contribution < 1.29 is 9.53 Å². The Labute approximate surface area is 161 Å². The smallest absolute Gasteiger partial charge is 0.274 e. The second-order valence-corrected chi connectivity index (χ2v) is 6.33. The van der Waals surface area contributed by atoms with Crippen LogP contribution in [0, 0.1) is 6.92 Å². The third-order valence-electron chi connectivity index (χ3n) is 4.44. The number of rotatable bonds is 10. The van der Waals surface area contributed by atoms with Gasteiger partial charge in [0.1, 0.15) is 5.69 Å². The van der Waals surface area contributed by atoms with Crippen molar-refractivity contribution in [2.24, 2.45) is 0 Å². The molecule has 0 atom stereocenters. The van der Waals surface area contributed by atoms with Crippen LogP contribution in [0.25, 0.3) is 0 Å². The first kappa shape index (κ1) is 20.7. The predicted molar refractivity (Wildman–Crippen MR) is 112 cm³/mol. The molecule has 6 nitrogen and oxygen atoms in total. The standard InChI is InChI=1S/C21H30N4O2/c1-5-25(6-2)18-9-11-19(16(3)14-18)24-21(26)20-10-8-17(15-23-20)22-12-7-13-27-4/h8-11,14-15,22H,5-7,12-13H2,1-4H3,(H,24,26). The van der Waals surface area contributed by atoms with Crippen molar-refractivity contribution in [3.05, 3.63) is 47.8 Å². The number of nitrogens with one attached hydrogen (secondary N) is 2. The number of amides is 1. The highest BCUT2D eigenvalue weighted by Crippen LogP contribution is 2.23. The van der Waals surface area contributed by atoms with Crippen LogP contribution in [0.1, 0.15) is 36.3 Å². The molecule has 1 heterocycles. The summed E-state index contributed by atoms with van der Waals surface area (Å²) in [7, 11) is 1.69. The number of nitrogens with zero attached hydrogens (tertiary/aromatic N) is 2. The third-order valence-corrected chi connectivity index (χ3v) is 4.44. The topological polar surface area (TPSA) is 66.5 Å². The van der Waals surface area contributed by atoms with Crippen molar-refractivity contribution in [3.8, 4) is 0 Å². The van der Waals surface area contributed by atoms with E-state index in [0.29, 0.717) is 12.3 Å². The van der Waals surface area contributed by atoms with Crippen molar-refractivity contribution in [3.63, 3.8) is 0 Å². The van der Waals surface area contributed by atoms with Crippen LogP contribution >= 0.6 is 0 Å². The van der Waals surface area contributed by atoms with E-state index in [-0.39, 0.29) is 5.91 Å². The Kier molecular flexibility index (Phi) is 8.07. The number of ether oxygens (including phenoxy) is 1. The number of methoxy groups -OCH3 is 1. The van der Waals surface area contributed by atoms with Gasteiger partial charge in [0.05, 0.1) is 11.9 Å². The molecule has 2 N–H and O–H groups in total. The van der Waals surface area contributed by atoms with Crippen LogP contribution in [0.15, 0.2) is 36.5 Å². The van der Waals surface area contributed by atoms with Gasteiger partial charge in [0.2, 0.25) is 0 Å². The van der Waals surface area contributed by atoms with Crippen molar-refractivity contribution in [2.45, 2.75) is 27.2 Å². The number of carbonyl (C=O) groups is 1. The summed E-state index contributed by atoms with van der Waals surface area (Å²) in [6.07, 6.45) is 2.60. The maximum atomic E-state index is 12.5. The van der Waals surface area contributed by atoms with E-state index in [1.54, 1.807) is 19.4 Å². The van der Waals surface area contributed by atoms with E-state index in [4.69, 9.17) is 4.74 Å². The van der Waals surface area contributed by atoms with Crippen molar-refractivity contribution in [2.75, 3.05) is 48.9 Å². The zero-order valence-corrected chi connectivity index (χ0v) is 16.7. The second kappa shape index (κ2) is 10.5. The zero-order chi connectivity index (χ0) is 19.6. The Morgan fingerprint density at radius 1 is 1.19 bits per heavy atom. The molecule has 146 valence electrons. The van der Waals surface area contributed by atoms with E-state index in [0.717, 1.165) is 48.7 Å². The monoisotopic (exact) mass is 370 g/mol. The average Bonchev–Trinajstić information content (AvgIpc) is 2.68. The number of aryl methyl sites for hydroxylation is 1. The van der Waals surface area contributed by atoms with Crippen molar-refractivity contribution in [1.29, 1.82) is 0 Å². The van der Waals surface area contributed by atoms with Gasteiger partial charge in [-0.15, -0.1) is 0 Å². The predicted octanol–water partition coefficient (Wildman–Crippen LogP) is 3.94. The molecule has 1 amide bonds. The van der Waals surface area contributed by atoms with Gasteiger partial charge in [0.25, 0.3) is 5.91 Å². The molecule has 0 spiro atoms. The third kappa shape index (κ3) is 5.96. The minimum Gasteiger partial charge on any atom is -0.385 e. The van der Waals surface area contributed by atoms with Crippen molar-refractivity contribution >= 4 is 23.0 Å². The van der Waals surface area contributed by atoms with Gasteiger partial charge in [0.15, 0.2) is 0 Å². The number of pyridine rings is 1. The van der Waals surface area contributed by atoms with Crippen molar-refractivity contribution in [1.82, 2.24) is 4.98 Å². The van der Waals surface area contributed by atoms with Crippen LogP contribution in [0.5, 0.6) is 0 Å². The second-order valence-electron chi connectivity index (χ2n) is 6.33. The lowest BCUT2D eigenvalue weighted by atomic mass is 10.1. The van der Waals surface area contributed by atoms with Crippen LogP contribution in [0.4, 0.5) is 17.1 Å². The number of hydrogen-bond donors (Lipinski definition) is 2. The van der Waals surface area contributed by atoms with E-state index in [1.165, 1.54) is 0 Å². The largest absolute Gasteiger partial charge is 0.385 e. The van der Waals surface area contributed by atoms with Gasteiger partial charge in [-0.3, -0.25) is 4.79 Å². The van der Waals surface area contributed by atoms with Crippen LogP contribution in [0.3, 0.4) is 0 Å². The lowest BCUT2D eigenvalue weighted by molar-refractivity contribution is 0.102. The molecule has 0 radical (unpaired) electrons. The van der Waals surface area contributed by atoms with Gasteiger partial charge in [0, 0.05) is 44.7 Å². The summed E-state index contributed by atoms with van der Waals surface area (Å²) < 4.78 is 5.02. The van der Waals surface area contributed by atoms with E-state index >= 15 is 0 Å². The maximum absolute atomic E-state index is 12.5. The lowest BCUT2D eigenvalue weighted by Crippen LogP contribution is -2.22. The highest BCUT2D eigenvalue weighted by molar-refractivity contribution is 6.03. The molecule has 0 unspecified atom stereocenters.